The highest BCUT2D eigenvalue weighted by Gasteiger charge is 2.27. The number of nitrogens with zero attached hydrogens (tertiary/aromatic N) is 1. The van der Waals surface area contributed by atoms with Crippen LogP contribution < -0.4 is 10.5 Å². The van der Waals surface area contributed by atoms with Crippen LogP contribution in [-0.4, -0.2) is 25.5 Å². The van der Waals surface area contributed by atoms with E-state index in [0.717, 1.165) is 12.1 Å². The van der Waals surface area contributed by atoms with Gasteiger partial charge in [-0.3, -0.25) is 0 Å². The Morgan fingerprint density at radius 2 is 2.00 bits per heavy atom. The van der Waals surface area contributed by atoms with Gasteiger partial charge < -0.3 is 10.9 Å². The van der Waals surface area contributed by atoms with E-state index in [1.54, 1.807) is 13.8 Å². The Labute approximate surface area is 111 Å². The maximum atomic E-state index is 13.5. The van der Waals surface area contributed by atoms with E-state index in [1.165, 1.54) is 12.1 Å². The zero-order chi connectivity index (χ0) is 14.6. The summed E-state index contributed by atoms with van der Waals surface area (Å²) >= 11 is 0. The Morgan fingerprint density at radius 1 is 1.42 bits per heavy atom. The molecule has 106 valence electrons. The van der Waals surface area contributed by atoms with Crippen LogP contribution in [0.1, 0.15) is 13.8 Å². The van der Waals surface area contributed by atoms with Gasteiger partial charge >= 0.3 is 0 Å². The molecule has 1 aromatic rings. The number of sulfonamides is 1. The van der Waals surface area contributed by atoms with Crippen molar-refractivity contribution in [3.8, 4) is 0 Å². The SMILES string of the molecule is CC(C)C(NS(=O)(=O)c1ccccc1F)C(N)=NO. The minimum absolute atomic E-state index is 0.266. The van der Waals surface area contributed by atoms with E-state index in [-0.39, 0.29) is 11.8 Å². The lowest BCUT2D eigenvalue weighted by Crippen LogP contribution is -2.47. The smallest absolute Gasteiger partial charge is 0.244 e. The Balaban J connectivity index is 3.12. The standard InChI is InChI=1S/C11H16FN3O3S/c1-7(2)10(11(13)14-16)15-19(17,18)9-6-4-3-5-8(9)12/h3-7,10,15-16H,1-2H3,(H2,13,14). The average molecular weight is 289 g/mol. The Kier molecular flexibility index (Phi) is 4.84. The fourth-order valence-electron chi connectivity index (χ4n) is 1.49. The fourth-order valence-corrected chi connectivity index (χ4v) is 2.93. The summed E-state index contributed by atoms with van der Waals surface area (Å²) in [5, 5.41) is 11.4. The van der Waals surface area contributed by atoms with E-state index in [2.05, 4.69) is 9.88 Å². The average Bonchev–Trinajstić information content (AvgIpc) is 2.35. The van der Waals surface area contributed by atoms with Crippen LogP contribution in [0.15, 0.2) is 34.3 Å². The first-order valence-electron chi connectivity index (χ1n) is 5.54. The van der Waals surface area contributed by atoms with Crippen molar-refractivity contribution in [3.63, 3.8) is 0 Å². The van der Waals surface area contributed by atoms with Gasteiger partial charge in [0, 0.05) is 0 Å². The maximum absolute atomic E-state index is 13.5. The first-order valence-corrected chi connectivity index (χ1v) is 7.02. The first kappa shape index (κ1) is 15.4. The van der Waals surface area contributed by atoms with E-state index in [0.29, 0.717) is 0 Å². The number of hydrogen-bond donors (Lipinski definition) is 3. The van der Waals surface area contributed by atoms with Crippen LogP contribution in [0, 0.1) is 11.7 Å². The monoisotopic (exact) mass is 289 g/mol. The molecule has 0 aliphatic carbocycles. The lowest BCUT2D eigenvalue weighted by atomic mass is 10.1. The molecular weight excluding hydrogens is 273 g/mol. The minimum Gasteiger partial charge on any atom is -0.409 e. The lowest BCUT2D eigenvalue weighted by Gasteiger charge is -2.20. The number of benzene rings is 1. The quantitative estimate of drug-likeness (QED) is 0.324. The molecule has 0 aliphatic heterocycles. The van der Waals surface area contributed by atoms with Crippen LogP contribution in [0.2, 0.25) is 0 Å². The molecule has 0 heterocycles. The molecular formula is C11H16FN3O3S. The van der Waals surface area contributed by atoms with Crippen LogP contribution >= 0.6 is 0 Å². The second-order valence-electron chi connectivity index (χ2n) is 4.30. The van der Waals surface area contributed by atoms with Gasteiger partial charge in [-0.25, -0.2) is 17.5 Å². The van der Waals surface area contributed by atoms with Crippen molar-refractivity contribution in [3.05, 3.63) is 30.1 Å². The molecule has 0 radical (unpaired) electrons. The largest absolute Gasteiger partial charge is 0.409 e. The van der Waals surface area contributed by atoms with E-state index in [9.17, 15) is 12.8 Å². The first-order chi connectivity index (χ1) is 8.79. The van der Waals surface area contributed by atoms with Crippen molar-refractivity contribution >= 4 is 15.9 Å². The van der Waals surface area contributed by atoms with Crippen molar-refractivity contribution in [2.75, 3.05) is 0 Å². The summed E-state index contributed by atoms with van der Waals surface area (Å²) < 4.78 is 39.8. The maximum Gasteiger partial charge on any atom is 0.244 e. The van der Waals surface area contributed by atoms with Gasteiger partial charge in [0.05, 0.1) is 6.04 Å². The van der Waals surface area contributed by atoms with Crippen molar-refractivity contribution in [2.24, 2.45) is 16.8 Å². The number of rotatable bonds is 5. The van der Waals surface area contributed by atoms with Crippen LogP contribution in [0.25, 0.3) is 0 Å². The highest BCUT2D eigenvalue weighted by molar-refractivity contribution is 7.89. The molecule has 8 heteroatoms. The zero-order valence-corrected chi connectivity index (χ0v) is 11.4. The van der Waals surface area contributed by atoms with Crippen LogP contribution in [-0.2, 0) is 10.0 Å². The molecule has 0 aromatic heterocycles. The Morgan fingerprint density at radius 3 is 2.47 bits per heavy atom. The predicted octanol–water partition coefficient (Wildman–Crippen LogP) is 0.875. The molecule has 1 aromatic carbocycles. The molecule has 0 aliphatic rings. The summed E-state index contributed by atoms with van der Waals surface area (Å²) in [4.78, 5) is -0.480. The van der Waals surface area contributed by atoms with Gasteiger partial charge in [-0.05, 0) is 18.1 Å². The van der Waals surface area contributed by atoms with E-state index >= 15 is 0 Å². The molecule has 0 fully saturated rings. The predicted molar refractivity (Wildman–Crippen MR) is 68.8 cm³/mol. The second-order valence-corrected chi connectivity index (χ2v) is 5.98. The molecule has 0 amide bonds. The summed E-state index contributed by atoms with van der Waals surface area (Å²) in [5.41, 5.74) is 5.42. The molecule has 1 rings (SSSR count). The molecule has 1 unspecified atom stereocenters. The van der Waals surface area contributed by atoms with Crippen LogP contribution in [0.3, 0.4) is 0 Å². The normalized spacial score (nSPS) is 14.6. The fraction of sp³-hybridized carbons (Fsp3) is 0.364. The number of nitrogens with one attached hydrogen (secondary N) is 1. The molecule has 0 saturated carbocycles. The molecule has 0 spiro atoms. The molecule has 19 heavy (non-hydrogen) atoms. The highest BCUT2D eigenvalue weighted by Crippen LogP contribution is 2.15. The highest BCUT2D eigenvalue weighted by atomic mass is 32.2. The summed E-state index contributed by atoms with van der Waals surface area (Å²) in [6.07, 6.45) is 0. The van der Waals surface area contributed by atoms with Crippen molar-refractivity contribution in [1.29, 1.82) is 0 Å². The van der Waals surface area contributed by atoms with Gasteiger partial charge in [0.25, 0.3) is 0 Å². The van der Waals surface area contributed by atoms with Gasteiger partial charge in [-0.2, -0.15) is 0 Å². The van der Waals surface area contributed by atoms with E-state index in [4.69, 9.17) is 10.9 Å². The summed E-state index contributed by atoms with van der Waals surface area (Å²) in [7, 11) is -4.09. The topological polar surface area (TPSA) is 105 Å². The van der Waals surface area contributed by atoms with Gasteiger partial charge in [0.2, 0.25) is 10.0 Å². The third-order valence-corrected chi connectivity index (χ3v) is 3.98. The van der Waals surface area contributed by atoms with Crippen LogP contribution in [0.5, 0.6) is 0 Å². The number of nitrogens with two attached hydrogens (primary N) is 1. The molecule has 6 nitrogen and oxygen atoms in total. The van der Waals surface area contributed by atoms with Crippen molar-refractivity contribution in [2.45, 2.75) is 24.8 Å². The second kappa shape index (κ2) is 5.98. The number of halogens is 1. The van der Waals surface area contributed by atoms with Gasteiger partial charge in [0.15, 0.2) is 5.84 Å². The van der Waals surface area contributed by atoms with Gasteiger partial charge in [0.1, 0.15) is 10.7 Å². The third-order valence-electron chi connectivity index (χ3n) is 2.51. The molecule has 4 N–H and O–H groups in total. The summed E-state index contributed by atoms with van der Waals surface area (Å²) in [5.74, 6) is -1.41. The summed E-state index contributed by atoms with van der Waals surface area (Å²) in [6, 6.07) is 4.06. The van der Waals surface area contributed by atoms with E-state index in [1.807, 2.05) is 0 Å². The number of amidine groups is 1. The Bertz CT molecular complexity index is 572. The van der Waals surface area contributed by atoms with Gasteiger partial charge in [-0.1, -0.05) is 31.1 Å². The minimum atomic E-state index is -4.09. The molecule has 0 saturated heterocycles. The van der Waals surface area contributed by atoms with Crippen molar-refractivity contribution < 1.29 is 18.0 Å². The van der Waals surface area contributed by atoms with Gasteiger partial charge in [-0.15, -0.1) is 0 Å². The van der Waals surface area contributed by atoms with E-state index < -0.39 is 26.8 Å². The van der Waals surface area contributed by atoms with Crippen LogP contribution in [0.4, 0.5) is 4.39 Å². The molecule has 0 bridgehead atoms. The Hall–Kier alpha value is -1.67. The summed E-state index contributed by atoms with van der Waals surface area (Å²) in [6.45, 7) is 3.37. The number of hydrogen-bond acceptors (Lipinski definition) is 4. The zero-order valence-electron chi connectivity index (χ0n) is 10.5. The molecule has 1 atom stereocenters. The number of oxime groups is 1. The lowest BCUT2D eigenvalue weighted by molar-refractivity contribution is 0.313. The van der Waals surface area contributed by atoms with Crippen molar-refractivity contribution in [1.82, 2.24) is 4.72 Å². The third kappa shape index (κ3) is 3.65.